The van der Waals surface area contributed by atoms with Gasteiger partial charge in [-0.2, -0.15) is 4.98 Å². The van der Waals surface area contributed by atoms with Gasteiger partial charge in [-0.1, -0.05) is 35.0 Å². The maximum absolute atomic E-state index is 13.1. The van der Waals surface area contributed by atoms with Gasteiger partial charge in [0.25, 0.3) is 0 Å². The first kappa shape index (κ1) is 18.5. The summed E-state index contributed by atoms with van der Waals surface area (Å²) >= 11 is 0. The number of benzene rings is 1. The monoisotopic (exact) mass is 357 g/mol. The van der Waals surface area contributed by atoms with Crippen LogP contribution >= 0.6 is 0 Å². The van der Waals surface area contributed by atoms with Crippen LogP contribution < -0.4 is 0 Å². The van der Waals surface area contributed by atoms with E-state index in [1.54, 1.807) is 6.92 Å². The minimum Gasteiger partial charge on any atom is -0.340 e. The number of piperazine rings is 1. The minimum absolute atomic E-state index is 0.163. The van der Waals surface area contributed by atoms with Crippen molar-refractivity contribution in [2.45, 2.75) is 26.4 Å². The summed E-state index contributed by atoms with van der Waals surface area (Å²) in [5, 5.41) is 3.95. The van der Waals surface area contributed by atoms with Gasteiger partial charge in [0.2, 0.25) is 11.8 Å². The Balaban J connectivity index is 1.62. The molecule has 1 aromatic heterocycles. The SMILES string of the molecule is Cc1cccc([C@@H](C(=O)N2CCN(Cc3noc(C)n3)CC2)N(C)C)c1. The van der Waals surface area contributed by atoms with Crippen LogP contribution in [0.5, 0.6) is 0 Å². The highest BCUT2D eigenvalue weighted by Gasteiger charge is 2.30. The Morgan fingerprint density at radius 2 is 1.96 bits per heavy atom. The van der Waals surface area contributed by atoms with Crippen molar-refractivity contribution < 1.29 is 9.32 Å². The van der Waals surface area contributed by atoms with Crippen molar-refractivity contribution in [2.24, 2.45) is 0 Å². The topological polar surface area (TPSA) is 65.7 Å². The van der Waals surface area contributed by atoms with Gasteiger partial charge >= 0.3 is 0 Å². The summed E-state index contributed by atoms with van der Waals surface area (Å²) < 4.78 is 5.02. The summed E-state index contributed by atoms with van der Waals surface area (Å²) in [5.74, 6) is 1.45. The molecular formula is C19H27N5O2. The van der Waals surface area contributed by atoms with E-state index in [2.05, 4.69) is 34.1 Å². The van der Waals surface area contributed by atoms with Gasteiger partial charge in [0.05, 0.1) is 6.54 Å². The second-order valence-corrected chi connectivity index (χ2v) is 7.11. The van der Waals surface area contributed by atoms with Crippen molar-refractivity contribution in [3.63, 3.8) is 0 Å². The van der Waals surface area contributed by atoms with Gasteiger partial charge < -0.3 is 9.42 Å². The van der Waals surface area contributed by atoms with Crippen LogP contribution in [0.4, 0.5) is 0 Å². The maximum atomic E-state index is 13.1. The summed E-state index contributed by atoms with van der Waals surface area (Å²) in [5.41, 5.74) is 2.21. The van der Waals surface area contributed by atoms with E-state index in [0.29, 0.717) is 31.3 Å². The molecule has 0 saturated carbocycles. The molecule has 1 aliphatic heterocycles. The molecule has 0 bridgehead atoms. The quantitative estimate of drug-likeness (QED) is 0.810. The Kier molecular flexibility index (Phi) is 5.68. The molecule has 0 unspecified atom stereocenters. The normalized spacial score (nSPS) is 16.9. The Hall–Kier alpha value is -2.25. The molecule has 0 N–H and O–H groups in total. The predicted octanol–water partition coefficient (Wildman–Crippen LogP) is 1.63. The van der Waals surface area contributed by atoms with E-state index >= 15 is 0 Å². The van der Waals surface area contributed by atoms with Gasteiger partial charge in [-0.25, -0.2) is 0 Å². The van der Waals surface area contributed by atoms with E-state index in [4.69, 9.17) is 4.52 Å². The molecule has 1 aromatic carbocycles. The molecule has 26 heavy (non-hydrogen) atoms. The number of hydrogen-bond acceptors (Lipinski definition) is 6. The molecular weight excluding hydrogens is 330 g/mol. The summed E-state index contributed by atoms with van der Waals surface area (Å²) in [4.78, 5) is 23.6. The Labute approximate surface area is 154 Å². The Bertz CT molecular complexity index is 750. The second kappa shape index (κ2) is 7.97. The molecule has 2 heterocycles. The molecule has 0 spiro atoms. The summed E-state index contributed by atoms with van der Waals surface area (Å²) in [6, 6.07) is 7.95. The molecule has 1 saturated heterocycles. The average molecular weight is 357 g/mol. The van der Waals surface area contributed by atoms with Gasteiger partial charge in [-0.15, -0.1) is 0 Å². The molecule has 3 rings (SSSR count). The van der Waals surface area contributed by atoms with Crippen LogP contribution in [-0.2, 0) is 11.3 Å². The third kappa shape index (κ3) is 4.28. The highest BCUT2D eigenvalue weighted by atomic mass is 16.5. The molecule has 7 nitrogen and oxygen atoms in total. The van der Waals surface area contributed by atoms with Crippen molar-refractivity contribution in [1.82, 2.24) is 24.8 Å². The first-order valence-corrected chi connectivity index (χ1v) is 8.97. The fourth-order valence-electron chi connectivity index (χ4n) is 3.41. The van der Waals surface area contributed by atoms with Crippen molar-refractivity contribution >= 4 is 5.91 Å². The number of carbonyl (C=O) groups excluding carboxylic acids is 1. The van der Waals surface area contributed by atoms with Crippen molar-refractivity contribution in [2.75, 3.05) is 40.3 Å². The van der Waals surface area contributed by atoms with E-state index in [9.17, 15) is 4.79 Å². The molecule has 0 radical (unpaired) electrons. The van der Waals surface area contributed by atoms with Gasteiger partial charge in [-0.05, 0) is 26.6 Å². The van der Waals surface area contributed by atoms with Crippen LogP contribution in [0.15, 0.2) is 28.8 Å². The molecule has 140 valence electrons. The van der Waals surface area contributed by atoms with Crippen molar-refractivity contribution in [1.29, 1.82) is 0 Å². The van der Waals surface area contributed by atoms with Gasteiger partial charge in [0, 0.05) is 33.1 Å². The zero-order chi connectivity index (χ0) is 18.7. The largest absolute Gasteiger partial charge is 0.340 e. The molecule has 0 aliphatic carbocycles. The van der Waals surface area contributed by atoms with Crippen molar-refractivity contribution in [3.8, 4) is 0 Å². The van der Waals surface area contributed by atoms with Crippen LogP contribution in [0.2, 0.25) is 0 Å². The minimum atomic E-state index is -0.249. The van der Waals surface area contributed by atoms with E-state index in [1.165, 1.54) is 5.56 Å². The van der Waals surface area contributed by atoms with E-state index < -0.39 is 0 Å². The van der Waals surface area contributed by atoms with Crippen LogP contribution in [0.25, 0.3) is 0 Å². The first-order chi connectivity index (χ1) is 12.4. The molecule has 1 aliphatic rings. The number of aromatic nitrogens is 2. The standard InChI is InChI=1S/C19H27N5O2/c1-14-6-5-7-16(12-14)18(22(3)4)19(25)24-10-8-23(9-11-24)13-17-20-15(2)26-21-17/h5-7,12,18H,8-11,13H2,1-4H3/t18-/m0/s1. The lowest BCUT2D eigenvalue weighted by Crippen LogP contribution is -2.51. The number of amides is 1. The fraction of sp³-hybridized carbons (Fsp3) is 0.526. The predicted molar refractivity (Wildman–Crippen MR) is 98.5 cm³/mol. The third-order valence-electron chi connectivity index (χ3n) is 4.73. The summed E-state index contributed by atoms with van der Waals surface area (Å²) in [6.45, 7) is 7.56. The molecule has 1 atom stereocenters. The van der Waals surface area contributed by atoms with Crippen LogP contribution in [0.1, 0.15) is 28.9 Å². The zero-order valence-electron chi connectivity index (χ0n) is 16.0. The van der Waals surface area contributed by atoms with Crippen LogP contribution in [-0.4, -0.2) is 71.0 Å². The van der Waals surface area contributed by atoms with Gasteiger partial charge in [0.1, 0.15) is 6.04 Å². The van der Waals surface area contributed by atoms with E-state index in [0.717, 1.165) is 18.7 Å². The van der Waals surface area contributed by atoms with E-state index in [-0.39, 0.29) is 11.9 Å². The first-order valence-electron chi connectivity index (χ1n) is 8.97. The Morgan fingerprint density at radius 3 is 2.54 bits per heavy atom. The lowest BCUT2D eigenvalue weighted by Gasteiger charge is -2.37. The number of hydrogen-bond donors (Lipinski definition) is 0. The van der Waals surface area contributed by atoms with E-state index in [1.807, 2.05) is 36.0 Å². The summed E-state index contributed by atoms with van der Waals surface area (Å²) in [7, 11) is 3.92. The number of rotatable bonds is 5. The highest BCUT2D eigenvalue weighted by molar-refractivity contribution is 5.83. The maximum Gasteiger partial charge on any atom is 0.244 e. The summed E-state index contributed by atoms with van der Waals surface area (Å²) in [6.07, 6.45) is 0. The Morgan fingerprint density at radius 1 is 1.23 bits per heavy atom. The van der Waals surface area contributed by atoms with Gasteiger partial charge in [0.15, 0.2) is 5.82 Å². The molecule has 2 aromatic rings. The van der Waals surface area contributed by atoms with Gasteiger partial charge in [-0.3, -0.25) is 14.6 Å². The lowest BCUT2D eigenvalue weighted by atomic mass is 10.0. The molecule has 1 fully saturated rings. The zero-order valence-corrected chi connectivity index (χ0v) is 16.0. The number of likely N-dealkylation sites (N-methyl/N-ethyl adjacent to an activating group) is 1. The lowest BCUT2D eigenvalue weighted by molar-refractivity contribution is -0.138. The van der Waals surface area contributed by atoms with Crippen LogP contribution in [0, 0.1) is 13.8 Å². The molecule has 7 heteroatoms. The highest BCUT2D eigenvalue weighted by Crippen LogP contribution is 2.23. The third-order valence-corrected chi connectivity index (χ3v) is 4.73. The van der Waals surface area contributed by atoms with Crippen molar-refractivity contribution in [3.05, 3.63) is 47.1 Å². The smallest absolute Gasteiger partial charge is 0.244 e. The number of nitrogens with zero attached hydrogens (tertiary/aromatic N) is 5. The average Bonchev–Trinajstić information content (AvgIpc) is 3.00. The molecule has 1 amide bonds. The second-order valence-electron chi connectivity index (χ2n) is 7.11. The number of aryl methyl sites for hydroxylation is 2. The fourth-order valence-corrected chi connectivity index (χ4v) is 3.41. The number of carbonyl (C=O) groups is 1. The van der Waals surface area contributed by atoms with Crippen LogP contribution in [0.3, 0.4) is 0 Å².